The fourth-order valence-electron chi connectivity index (χ4n) is 4.24. The van der Waals surface area contributed by atoms with Gasteiger partial charge in [0.1, 0.15) is 0 Å². The first kappa shape index (κ1) is 14.9. The molecule has 0 radical (unpaired) electrons. The number of hydrogen-bond acceptors (Lipinski definition) is 5. The molecular formula is C18H18N4O2S. The Bertz CT molecular complexity index is 857. The Kier molecular flexibility index (Phi) is 3.48. The maximum Gasteiger partial charge on any atom is 0.276 e. The molecule has 25 heavy (non-hydrogen) atoms. The molecule has 7 heteroatoms. The Hall–Kier alpha value is -2.41. The summed E-state index contributed by atoms with van der Waals surface area (Å²) in [6, 6.07) is 8.58. The van der Waals surface area contributed by atoms with E-state index in [0.29, 0.717) is 17.5 Å². The largest absolute Gasteiger partial charge is 0.355 e. The number of hydrogen-bond donors (Lipinski definition) is 0. The van der Waals surface area contributed by atoms with Crippen LogP contribution in [-0.2, 0) is 0 Å². The highest BCUT2D eigenvalue weighted by atomic mass is 32.1. The summed E-state index contributed by atoms with van der Waals surface area (Å²) in [7, 11) is 0. The third kappa shape index (κ3) is 2.50. The molecule has 0 aliphatic carbocycles. The number of nitrogens with zero attached hydrogens (tertiary/aromatic N) is 4. The highest BCUT2D eigenvalue weighted by molar-refractivity contribution is 7.13. The number of piperidine rings is 1. The van der Waals surface area contributed by atoms with Crippen LogP contribution in [0.1, 0.15) is 42.2 Å². The second kappa shape index (κ2) is 5.84. The van der Waals surface area contributed by atoms with E-state index in [9.17, 15) is 4.79 Å². The third-order valence-corrected chi connectivity index (χ3v) is 6.22. The summed E-state index contributed by atoms with van der Waals surface area (Å²) in [5, 5.41) is 10.4. The van der Waals surface area contributed by atoms with E-state index >= 15 is 0 Å². The molecule has 3 aromatic heterocycles. The molecule has 0 spiro atoms. The van der Waals surface area contributed by atoms with E-state index in [0.717, 1.165) is 30.6 Å². The number of aromatic nitrogens is 3. The van der Waals surface area contributed by atoms with Crippen molar-refractivity contribution in [3.05, 3.63) is 47.7 Å². The number of carbonyl (C=O) groups is 1. The molecule has 0 saturated carbocycles. The smallest absolute Gasteiger partial charge is 0.276 e. The molecule has 128 valence electrons. The van der Waals surface area contributed by atoms with Crippen LogP contribution in [0.2, 0.25) is 0 Å². The van der Waals surface area contributed by atoms with E-state index in [4.69, 9.17) is 4.52 Å². The summed E-state index contributed by atoms with van der Waals surface area (Å²) in [5.74, 6) is 0.662. The predicted octanol–water partition coefficient (Wildman–Crippen LogP) is 3.61. The zero-order valence-electron chi connectivity index (χ0n) is 13.6. The molecule has 2 unspecified atom stereocenters. The Morgan fingerprint density at radius 2 is 2.04 bits per heavy atom. The number of fused-ring (bicyclic) bond motifs is 2. The Morgan fingerprint density at radius 1 is 1.20 bits per heavy atom. The average molecular weight is 354 g/mol. The molecule has 2 fully saturated rings. The van der Waals surface area contributed by atoms with Gasteiger partial charge in [-0.3, -0.25) is 9.48 Å². The van der Waals surface area contributed by atoms with Crippen LogP contribution in [0.15, 0.2) is 46.6 Å². The third-order valence-electron chi connectivity index (χ3n) is 5.33. The molecule has 2 saturated heterocycles. The molecule has 2 aliphatic heterocycles. The maximum atomic E-state index is 13.0. The Balaban J connectivity index is 1.37. The van der Waals surface area contributed by atoms with Gasteiger partial charge >= 0.3 is 0 Å². The minimum atomic E-state index is -0.00188. The summed E-state index contributed by atoms with van der Waals surface area (Å²) >= 11 is 1.58. The van der Waals surface area contributed by atoms with Gasteiger partial charge in [-0.25, -0.2) is 0 Å². The number of amides is 1. The van der Waals surface area contributed by atoms with Crippen LogP contribution in [0.3, 0.4) is 0 Å². The highest BCUT2D eigenvalue weighted by Crippen LogP contribution is 2.41. The van der Waals surface area contributed by atoms with Crippen LogP contribution in [-0.4, -0.2) is 37.8 Å². The lowest BCUT2D eigenvalue weighted by atomic mass is 9.97. The predicted molar refractivity (Wildman–Crippen MR) is 93.3 cm³/mol. The Labute approximate surface area is 149 Å². The van der Waals surface area contributed by atoms with Crippen molar-refractivity contribution in [3.8, 4) is 10.6 Å². The van der Waals surface area contributed by atoms with E-state index in [1.54, 1.807) is 17.4 Å². The van der Waals surface area contributed by atoms with Crippen molar-refractivity contribution in [2.24, 2.45) is 0 Å². The van der Waals surface area contributed by atoms with Gasteiger partial charge in [0.05, 0.1) is 10.9 Å². The van der Waals surface area contributed by atoms with Crippen LogP contribution in [0.25, 0.3) is 10.6 Å². The van der Waals surface area contributed by atoms with Crippen molar-refractivity contribution in [2.45, 2.75) is 43.8 Å². The lowest BCUT2D eigenvalue weighted by Crippen LogP contribution is -2.47. The minimum Gasteiger partial charge on any atom is -0.355 e. The van der Waals surface area contributed by atoms with Crippen molar-refractivity contribution in [3.63, 3.8) is 0 Å². The summed E-state index contributed by atoms with van der Waals surface area (Å²) < 4.78 is 7.43. The van der Waals surface area contributed by atoms with E-state index in [1.807, 2.05) is 45.6 Å². The van der Waals surface area contributed by atoms with Gasteiger partial charge in [0, 0.05) is 30.5 Å². The van der Waals surface area contributed by atoms with Gasteiger partial charge in [0.2, 0.25) is 0 Å². The molecule has 5 rings (SSSR count). The van der Waals surface area contributed by atoms with E-state index in [-0.39, 0.29) is 18.0 Å². The van der Waals surface area contributed by atoms with Crippen molar-refractivity contribution < 1.29 is 9.32 Å². The lowest BCUT2D eigenvalue weighted by molar-refractivity contribution is 0.0514. The zero-order chi connectivity index (χ0) is 16.8. The van der Waals surface area contributed by atoms with Crippen molar-refractivity contribution >= 4 is 17.2 Å². The van der Waals surface area contributed by atoms with Gasteiger partial charge < -0.3 is 9.42 Å². The average Bonchev–Trinajstić information content (AvgIpc) is 3.41. The van der Waals surface area contributed by atoms with Crippen molar-refractivity contribution in [1.29, 1.82) is 0 Å². The first-order valence-corrected chi connectivity index (χ1v) is 9.50. The standard InChI is InChI=1S/C18H18N4O2S/c23-18(15-11-16(24-20-15)17-3-1-8-25-17)22-12-4-5-13(22)10-14(9-12)21-7-2-6-19-21/h1-3,6-8,11-14H,4-5,9-10H2. The van der Waals surface area contributed by atoms with Gasteiger partial charge in [-0.05, 0) is 43.2 Å². The fourth-order valence-corrected chi connectivity index (χ4v) is 4.91. The van der Waals surface area contributed by atoms with Gasteiger partial charge in [-0.1, -0.05) is 11.2 Å². The van der Waals surface area contributed by atoms with E-state index < -0.39 is 0 Å². The molecule has 0 aromatic carbocycles. The topological polar surface area (TPSA) is 64.2 Å². The van der Waals surface area contributed by atoms with Gasteiger partial charge in [-0.15, -0.1) is 11.3 Å². The minimum absolute atomic E-state index is 0.00188. The second-order valence-electron chi connectivity index (χ2n) is 6.76. The second-order valence-corrected chi connectivity index (χ2v) is 7.71. The summed E-state index contributed by atoms with van der Waals surface area (Å²) in [6.45, 7) is 0. The van der Waals surface area contributed by atoms with Crippen molar-refractivity contribution in [1.82, 2.24) is 19.8 Å². The van der Waals surface area contributed by atoms with Crippen LogP contribution in [0, 0.1) is 0 Å². The van der Waals surface area contributed by atoms with Crippen molar-refractivity contribution in [2.75, 3.05) is 0 Å². The van der Waals surface area contributed by atoms with Crippen LogP contribution < -0.4 is 0 Å². The fraction of sp³-hybridized carbons (Fsp3) is 0.389. The van der Waals surface area contributed by atoms with Crippen LogP contribution in [0.4, 0.5) is 0 Å². The Morgan fingerprint density at radius 3 is 2.72 bits per heavy atom. The molecular weight excluding hydrogens is 336 g/mol. The summed E-state index contributed by atoms with van der Waals surface area (Å²) in [6.07, 6.45) is 7.88. The molecule has 6 nitrogen and oxygen atoms in total. The summed E-state index contributed by atoms with van der Waals surface area (Å²) in [5.41, 5.74) is 0.415. The lowest BCUT2D eigenvalue weighted by Gasteiger charge is -2.38. The van der Waals surface area contributed by atoms with E-state index in [2.05, 4.69) is 10.3 Å². The molecule has 1 amide bonds. The molecule has 2 aliphatic rings. The van der Waals surface area contributed by atoms with Crippen LogP contribution >= 0.6 is 11.3 Å². The molecule has 5 heterocycles. The first-order valence-electron chi connectivity index (χ1n) is 8.62. The monoisotopic (exact) mass is 354 g/mol. The molecule has 2 atom stereocenters. The number of rotatable bonds is 3. The zero-order valence-corrected chi connectivity index (χ0v) is 14.4. The van der Waals surface area contributed by atoms with Crippen LogP contribution in [0.5, 0.6) is 0 Å². The number of thiophene rings is 1. The summed E-state index contributed by atoms with van der Waals surface area (Å²) in [4.78, 5) is 16.1. The molecule has 3 aromatic rings. The molecule has 2 bridgehead atoms. The van der Waals surface area contributed by atoms with E-state index in [1.165, 1.54) is 0 Å². The van der Waals surface area contributed by atoms with Gasteiger partial charge in [0.25, 0.3) is 5.91 Å². The van der Waals surface area contributed by atoms with Gasteiger partial charge in [0.15, 0.2) is 11.5 Å². The molecule has 0 N–H and O–H groups in total. The normalized spacial score (nSPS) is 25.4. The number of carbonyl (C=O) groups excluding carboxylic acids is 1. The highest BCUT2D eigenvalue weighted by Gasteiger charge is 2.44. The maximum absolute atomic E-state index is 13.0. The van der Waals surface area contributed by atoms with Gasteiger partial charge in [-0.2, -0.15) is 5.10 Å². The SMILES string of the molecule is O=C(c1cc(-c2cccs2)on1)N1C2CCC1CC(n1cccn1)C2. The quantitative estimate of drug-likeness (QED) is 0.721. The first-order chi connectivity index (χ1) is 12.3.